The number of hydrogen-bond acceptors (Lipinski definition) is 1. The fourth-order valence-electron chi connectivity index (χ4n) is 1.86. The quantitative estimate of drug-likeness (QED) is 0.594. The zero-order chi connectivity index (χ0) is 8.48. The van der Waals surface area contributed by atoms with Crippen LogP contribution in [0.1, 0.15) is 33.6 Å². The summed E-state index contributed by atoms with van der Waals surface area (Å²) in [5.74, 6) is 0.221. The van der Waals surface area contributed by atoms with Gasteiger partial charge in [-0.3, -0.25) is 4.79 Å². The van der Waals surface area contributed by atoms with Gasteiger partial charge in [-0.2, -0.15) is 0 Å². The summed E-state index contributed by atoms with van der Waals surface area (Å²) in [5, 5.41) is 0. The predicted molar refractivity (Wildman–Crippen MR) is 45.3 cm³/mol. The fourth-order valence-corrected chi connectivity index (χ4v) is 1.86. The normalized spacial score (nSPS) is 21.2. The van der Waals surface area contributed by atoms with Gasteiger partial charge >= 0.3 is 0 Å². The van der Waals surface area contributed by atoms with Crippen molar-refractivity contribution in [2.24, 2.45) is 5.41 Å². The molecule has 0 atom stereocenters. The number of rotatable bonds is 2. The van der Waals surface area contributed by atoms with Crippen molar-refractivity contribution in [3.05, 3.63) is 0 Å². The van der Waals surface area contributed by atoms with E-state index >= 15 is 0 Å². The van der Waals surface area contributed by atoms with E-state index in [1.54, 1.807) is 6.92 Å². The van der Waals surface area contributed by atoms with Gasteiger partial charge in [-0.1, -0.05) is 20.3 Å². The van der Waals surface area contributed by atoms with Crippen molar-refractivity contribution in [3.63, 3.8) is 0 Å². The molecule has 2 nitrogen and oxygen atoms in total. The van der Waals surface area contributed by atoms with Gasteiger partial charge in [-0.15, -0.1) is 0 Å². The number of nitrogens with zero attached hydrogens (tertiary/aromatic N) is 1. The lowest BCUT2D eigenvalue weighted by atomic mass is 9.78. The van der Waals surface area contributed by atoms with Crippen LogP contribution in [0.2, 0.25) is 0 Å². The van der Waals surface area contributed by atoms with Crippen LogP contribution in [0.25, 0.3) is 0 Å². The first kappa shape index (κ1) is 8.57. The average Bonchev–Trinajstić information content (AvgIpc) is 1.82. The van der Waals surface area contributed by atoms with Crippen molar-refractivity contribution in [2.45, 2.75) is 33.6 Å². The van der Waals surface area contributed by atoms with Crippen LogP contribution in [0.15, 0.2) is 0 Å². The van der Waals surface area contributed by atoms with E-state index < -0.39 is 0 Å². The van der Waals surface area contributed by atoms with Crippen LogP contribution in [-0.4, -0.2) is 23.9 Å². The monoisotopic (exact) mass is 155 g/mol. The van der Waals surface area contributed by atoms with E-state index in [1.165, 1.54) is 12.8 Å². The Kier molecular flexibility index (Phi) is 2.21. The minimum atomic E-state index is 0.221. The minimum Gasteiger partial charge on any atom is -0.342 e. The van der Waals surface area contributed by atoms with Gasteiger partial charge in [0.15, 0.2) is 0 Å². The summed E-state index contributed by atoms with van der Waals surface area (Å²) in [6.45, 7) is 8.04. The van der Waals surface area contributed by atoms with E-state index in [9.17, 15) is 4.79 Å². The van der Waals surface area contributed by atoms with Crippen LogP contribution >= 0.6 is 0 Å². The molecular formula is C9H17NO. The standard InChI is InChI=1S/C9H17NO/c1-4-5-9(3)6-10(7-9)8(2)11/h4-7H2,1-3H3. The van der Waals surface area contributed by atoms with E-state index in [1.807, 2.05) is 4.90 Å². The third-order valence-corrected chi connectivity index (χ3v) is 2.44. The van der Waals surface area contributed by atoms with Gasteiger partial charge < -0.3 is 4.90 Å². The molecule has 1 amide bonds. The highest BCUT2D eigenvalue weighted by Crippen LogP contribution is 2.34. The van der Waals surface area contributed by atoms with Gasteiger partial charge in [0.1, 0.15) is 0 Å². The molecular weight excluding hydrogens is 138 g/mol. The van der Waals surface area contributed by atoms with Gasteiger partial charge in [-0.25, -0.2) is 0 Å². The van der Waals surface area contributed by atoms with Crippen molar-refractivity contribution < 1.29 is 4.79 Å². The summed E-state index contributed by atoms with van der Waals surface area (Å²) in [6, 6.07) is 0. The molecule has 1 fully saturated rings. The largest absolute Gasteiger partial charge is 0.342 e. The first-order valence-corrected chi connectivity index (χ1v) is 4.33. The molecule has 1 heterocycles. The average molecular weight is 155 g/mol. The zero-order valence-corrected chi connectivity index (χ0v) is 7.68. The van der Waals surface area contributed by atoms with Gasteiger partial charge in [0, 0.05) is 25.4 Å². The molecule has 0 aromatic heterocycles. The molecule has 1 aliphatic rings. The molecule has 2 heteroatoms. The molecule has 0 saturated carbocycles. The highest BCUT2D eigenvalue weighted by Gasteiger charge is 2.38. The van der Waals surface area contributed by atoms with Crippen molar-refractivity contribution >= 4 is 5.91 Å². The Morgan fingerprint density at radius 2 is 2.09 bits per heavy atom. The molecule has 0 unspecified atom stereocenters. The van der Waals surface area contributed by atoms with Crippen molar-refractivity contribution in [3.8, 4) is 0 Å². The molecule has 64 valence electrons. The first-order chi connectivity index (χ1) is 5.07. The second-order valence-corrected chi connectivity index (χ2v) is 3.94. The van der Waals surface area contributed by atoms with Crippen molar-refractivity contribution in [1.82, 2.24) is 4.90 Å². The minimum absolute atomic E-state index is 0.221. The number of hydrogen-bond donors (Lipinski definition) is 0. The number of likely N-dealkylation sites (tertiary alicyclic amines) is 1. The molecule has 0 aromatic rings. The lowest BCUT2D eigenvalue weighted by molar-refractivity contribution is -0.140. The Morgan fingerprint density at radius 3 is 2.45 bits per heavy atom. The Bertz CT molecular complexity index is 159. The Balaban J connectivity index is 2.31. The lowest BCUT2D eigenvalue weighted by Gasteiger charge is -2.47. The molecule has 0 N–H and O–H groups in total. The molecule has 1 rings (SSSR count). The van der Waals surface area contributed by atoms with Crippen molar-refractivity contribution in [1.29, 1.82) is 0 Å². The molecule has 0 radical (unpaired) electrons. The second-order valence-electron chi connectivity index (χ2n) is 3.94. The van der Waals surface area contributed by atoms with Crippen LogP contribution in [0.4, 0.5) is 0 Å². The Hall–Kier alpha value is -0.530. The summed E-state index contributed by atoms with van der Waals surface area (Å²) < 4.78 is 0. The van der Waals surface area contributed by atoms with Crippen LogP contribution in [-0.2, 0) is 4.79 Å². The van der Waals surface area contributed by atoms with E-state index in [4.69, 9.17) is 0 Å². The lowest BCUT2D eigenvalue weighted by Crippen LogP contribution is -2.56. The fraction of sp³-hybridized carbons (Fsp3) is 0.889. The molecule has 0 spiro atoms. The third-order valence-electron chi connectivity index (χ3n) is 2.44. The van der Waals surface area contributed by atoms with E-state index in [0.717, 1.165) is 13.1 Å². The highest BCUT2D eigenvalue weighted by molar-refractivity contribution is 5.74. The van der Waals surface area contributed by atoms with Crippen LogP contribution in [0.3, 0.4) is 0 Å². The maximum absolute atomic E-state index is 10.8. The maximum atomic E-state index is 10.8. The van der Waals surface area contributed by atoms with Gasteiger partial charge in [0.05, 0.1) is 0 Å². The molecule has 0 bridgehead atoms. The summed E-state index contributed by atoms with van der Waals surface area (Å²) in [5.41, 5.74) is 0.431. The summed E-state index contributed by atoms with van der Waals surface area (Å²) >= 11 is 0. The Labute approximate surface area is 68.6 Å². The predicted octanol–water partition coefficient (Wildman–Crippen LogP) is 1.65. The Morgan fingerprint density at radius 1 is 1.55 bits per heavy atom. The van der Waals surface area contributed by atoms with Gasteiger partial charge in [-0.05, 0) is 6.42 Å². The van der Waals surface area contributed by atoms with Gasteiger partial charge in [0.25, 0.3) is 0 Å². The number of amides is 1. The number of carbonyl (C=O) groups is 1. The second kappa shape index (κ2) is 2.84. The molecule has 0 aromatic carbocycles. The SMILES string of the molecule is CCCC1(C)CN(C(C)=O)C1. The summed E-state index contributed by atoms with van der Waals surface area (Å²) in [4.78, 5) is 12.8. The summed E-state index contributed by atoms with van der Waals surface area (Å²) in [7, 11) is 0. The molecule has 0 aliphatic carbocycles. The van der Waals surface area contributed by atoms with E-state index in [-0.39, 0.29) is 5.91 Å². The summed E-state index contributed by atoms with van der Waals surface area (Å²) in [6.07, 6.45) is 2.47. The topological polar surface area (TPSA) is 20.3 Å². The van der Waals surface area contributed by atoms with E-state index in [2.05, 4.69) is 13.8 Å². The van der Waals surface area contributed by atoms with Crippen molar-refractivity contribution in [2.75, 3.05) is 13.1 Å². The van der Waals surface area contributed by atoms with Crippen LogP contribution in [0.5, 0.6) is 0 Å². The molecule has 11 heavy (non-hydrogen) atoms. The molecule has 1 saturated heterocycles. The van der Waals surface area contributed by atoms with Crippen LogP contribution in [0, 0.1) is 5.41 Å². The zero-order valence-electron chi connectivity index (χ0n) is 7.68. The smallest absolute Gasteiger partial charge is 0.219 e. The molecule has 1 aliphatic heterocycles. The maximum Gasteiger partial charge on any atom is 0.219 e. The number of carbonyl (C=O) groups excluding carboxylic acids is 1. The highest BCUT2D eigenvalue weighted by atomic mass is 16.2. The van der Waals surface area contributed by atoms with E-state index in [0.29, 0.717) is 5.41 Å². The third kappa shape index (κ3) is 1.73. The van der Waals surface area contributed by atoms with Crippen LogP contribution < -0.4 is 0 Å². The van der Waals surface area contributed by atoms with Gasteiger partial charge in [0.2, 0.25) is 5.91 Å². The first-order valence-electron chi connectivity index (χ1n) is 4.33.